The molecular formula is C16H12N2O3S. The van der Waals surface area contributed by atoms with Crippen LogP contribution in [-0.2, 0) is 4.79 Å². The van der Waals surface area contributed by atoms with Crippen LogP contribution in [0.1, 0.15) is 5.56 Å². The monoisotopic (exact) mass is 312 g/mol. The first-order valence-electron chi connectivity index (χ1n) is 6.49. The highest BCUT2D eigenvalue weighted by atomic mass is 32.2. The number of phenols is 1. The van der Waals surface area contributed by atoms with Gasteiger partial charge in [-0.05, 0) is 36.0 Å². The van der Waals surface area contributed by atoms with Gasteiger partial charge in [-0.1, -0.05) is 30.3 Å². The maximum atomic E-state index is 11.4. The van der Waals surface area contributed by atoms with E-state index < -0.39 is 5.97 Å². The van der Waals surface area contributed by atoms with E-state index in [1.54, 1.807) is 18.2 Å². The van der Waals surface area contributed by atoms with E-state index in [0.29, 0.717) is 10.7 Å². The van der Waals surface area contributed by atoms with Gasteiger partial charge >= 0.3 is 5.97 Å². The Bertz CT molecular complexity index is 837. The minimum Gasteiger partial charge on any atom is -0.507 e. The van der Waals surface area contributed by atoms with Crippen LogP contribution in [0.4, 0.5) is 0 Å². The molecule has 0 radical (unpaired) electrons. The van der Waals surface area contributed by atoms with Crippen LogP contribution < -0.4 is 0 Å². The Morgan fingerprint density at radius 1 is 1.14 bits per heavy atom. The molecule has 0 saturated heterocycles. The maximum absolute atomic E-state index is 11.4. The molecular weight excluding hydrogens is 300 g/mol. The Hall–Kier alpha value is -2.73. The van der Waals surface area contributed by atoms with Crippen molar-refractivity contribution in [1.82, 2.24) is 9.97 Å². The van der Waals surface area contributed by atoms with E-state index in [2.05, 4.69) is 9.97 Å². The lowest BCUT2D eigenvalue weighted by atomic mass is 10.2. The van der Waals surface area contributed by atoms with Gasteiger partial charge < -0.3 is 15.2 Å². The number of hydrogen-bond acceptors (Lipinski definition) is 4. The summed E-state index contributed by atoms with van der Waals surface area (Å²) in [5.41, 5.74) is 2.07. The topological polar surface area (TPSA) is 86.2 Å². The van der Waals surface area contributed by atoms with Crippen molar-refractivity contribution >= 4 is 34.8 Å². The van der Waals surface area contributed by atoms with Crippen molar-refractivity contribution < 1.29 is 15.0 Å². The molecule has 1 heterocycles. The summed E-state index contributed by atoms with van der Waals surface area (Å²) >= 11 is 1.01. The van der Waals surface area contributed by atoms with Gasteiger partial charge in [0, 0.05) is 5.56 Å². The maximum Gasteiger partial charge on any atom is 0.342 e. The molecule has 0 atom stereocenters. The number of carboxylic acids is 1. The lowest BCUT2D eigenvalue weighted by Crippen LogP contribution is -1.97. The second-order valence-corrected chi connectivity index (χ2v) is 5.56. The van der Waals surface area contributed by atoms with Crippen molar-refractivity contribution in [3.8, 4) is 5.75 Å². The normalized spacial score (nSPS) is 11.7. The number of aromatic amines is 1. The van der Waals surface area contributed by atoms with Crippen molar-refractivity contribution in [1.29, 1.82) is 0 Å². The first-order chi connectivity index (χ1) is 10.6. The zero-order valence-electron chi connectivity index (χ0n) is 11.4. The quantitative estimate of drug-likeness (QED) is 0.507. The molecule has 5 nitrogen and oxygen atoms in total. The second-order valence-electron chi connectivity index (χ2n) is 4.53. The highest BCUT2D eigenvalue weighted by molar-refractivity contribution is 8.04. The van der Waals surface area contributed by atoms with E-state index in [9.17, 15) is 15.0 Å². The van der Waals surface area contributed by atoms with Crippen LogP contribution in [0.3, 0.4) is 0 Å². The summed E-state index contributed by atoms with van der Waals surface area (Å²) < 4.78 is 0. The van der Waals surface area contributed by atoms with E-state index in [-0.39, 0.29) is 10.7 Å². The molecule has 0 unspecified atom stereocenters. The minimum absolute atomic E-state index is 0.0338. The van der Waals surface area contributed by atoms with Gasteiger partial charge in [-0.2, -0.15) is 0 Å². The van der Waals surface area contributed by atoms with Crippen molar-refractivity contribution in [3.05, 3.63) is 59.0 Å². The van der Waals surface area contributed by atoms with Crippen molar-refractivity contribution in [3.63, 3.8) is 0 Å². The zero-order chi connectivity index (χ0) is 15.5. The number of phenolic OH excluding ortho intramolecular Hbond substituents is 1. The van der Waals surface area contributed by atoms with Gasteiger partial charge in [0.25, 0.3) is 0 Å². The first-order valence-corrected chi connectivity index (χ1v) is 7.31. The molecule has 2 aromatic carbocycles. The lowest BCUT2D eigenvalue weighted by molar-refractivity contribution is -0.131. The third kappa shape index (κ3) is 2.96. The molecule has 0 aliphatic rings. The number of fused-ring (bicyclic) bond motifs is 1. The number of aromatic hydroxyl groups is 1. The third-order valence-electron chi connectivity index (χ3n) is 3.01. The van der Waals surface area contributed by atoms with Crippen molar-refractivity contribution in [2.24, 2.45) is 0 Å². The van der Waals surface area contributed by atoms with E-state index in [4.69, 9.17) is 0 Å². The Morgan fingerprint density at radius 2 is 1.86 bits per heavy atom. The summed E-state index contributed by atoms with van der Waals surface area (Å²) in [5.74, 6) is -1.04. The van der Waals surface area contributed by atoms with E-state index >= 15 is 0 Å². The number of imidazole rings is 1. The largest absolute Gasteiger partial charge is 0.507 e. The average Bonchev–Trinajstić information content (AvgIpc) is 2.91. The molecule has 0 aliphatic carbocycles. The molecule has 0 bridgehead atoms. The molecule has 0 aliphatic heterocycles. The number of carboxylic acid groups (broad SMARTS) is 1. The predicted octanol–water partition coefficient (Wildman–Crippen LogP) is 3.49. The van der Waals surface area contributed by atoms with Crippen LogP contribution in [0.25, 0.3) is 17.1 Å². The van der Waals surface area contributed by atoms with Crippen LogP contribution in [0, 0.1) is 0 Å². The summed E-state index contributed by atoms with van der Waals surface area (Å²) in [5, 5.41) is 19.6. The van der Waals surface area contributed by atoms with Crippen LogP contribution >= 0.6 is 11.8 Å². The highest BCUT2D eigenvalue weighted by Gasteiger charge is 2.13. The number of hydrogen-bond donors (Lipinski definition) is 3. The van der Waals surface area contributed by atoms with Crippen molar-refractivity contribution in [2.75, 3.05) is 0 Å². The molecule has 0 spiro atoms. The molecule has 3 aromatic rings. The molecule has 0 saturated carbocycles. The number of aromatic nitrogens is 2. The minimum atomic E-state index is -1.08. The predicted molar refractivity (Wildman–Crippen MR) is 85.7 cm³/mol. The molecule has 0 amide bonds. The number of thioether (sulfide) groups is 1. The highest BCUT2D eigenvalue weighted by Crippen LogP contribution is 2.30. The van der Waals surface area contributed by atoms with Crippen LogP contribution in [0.15, 0.2) is 58.6 Å². The van der Waals surface area contributed by atoms with E-state index in [0.717, 1.165) is 22.8 Å². The molecule has 6 heteroatoms. The van der Waals surface area contributed by atoms with Gasteiger partial charge in [0.1, 0.15) is 10.7 Å². The first kappa shape index (κ1) is 14.2. The number of nitrogens with zero attached hydrogens (tertiary/aromatic N) is 1. The summed E-state index contributed by atoms with van der Waals surface area (Å²) in [6.07, 6.45) is 1.43. The van der Waals surface area contributed by atoms with E-state index in [1.165, 1.54) is 12.1 Å². The summed E-state index contributed by atoms with van der Waals surface area (Å²) in [4.78, 5) is 18.9. The van der Waals surface area contributed by atoms with Crippen LogP contribution in [0.2, 0.25) is 0 Å². The number of nitrogens with one attached hydrogen (secondary N) is 1. The van der Waals surface area contributed by atoms with Crippen molar-refractivity contribution in [2.45, 2.75) is 5.16 Å². The molecule has 1 aromatic heterocycles. The number of aliphatic carboxylic acids is 1. The van der Waals surface area contributed by atoms with E-state index in [1.807, 2.05) is 24.3 Å². The van der Waals surface area contributed by atoms with Gasteiger partial charge in [0.05, 0.1) is 11.0 Å². The Labute approximate surface area is 130 Å². The Balaban J connectivity index is 1.95. The van der Waals surface area contributed by atoms with Crippen LogP contribution in [0.5, 0.6) is 5.75 Å². The second kappa shape index (κ2) is 5.95. The van der Waals surface area contributed by atoms with Gasteiger partial charge in [-0.25, -0.2) is 9.78 Å². The number of H-pyrrole nitrogens is 1. The smallest absolute Gasteiger partial charge is 0.342 e. The van der Waals surface area contributed by atoms with Gasteiger partial charge in [0.2, 0.25) is 0 Å². The molecule has 3 N–H and O–H groups in total. The number of carbonyl (C=O) groups is 1. The summed E-state index contributed by atoms with van der Waals surface area (Å²) in [6.45, 7) is 0. The average molecular weight is 312 g/mol. The molecule has 3 rings (SSSR count). The Morgan fingerprint density at radius 3 is 2.59 bits per heavy atom. The van der Waals surface area contributed by atoms with Gasteiger partial charge in [-0.3, -0.25) is 0 Å². The summed E-state index contributed by atoms with van der Waals surface area (Å²) in [7, 11) is 0. The standard InChI is InChI=1S/C16H12N2O3S/c19-13-8-4-1-5-10(13)9-14(15(20)21)22-16-17-11-6-2-3-7-12(11)18-16/h1-9,19H,(H,17,18)(H,20,21)/b14-9-. The number of benzene rings is 2. The Kier molecular flexibility index (Phi) is 3.84. The zero-order valence-corrected chi connectivity index (χ0v) is 12.2. The number of rotatable bonds is 4. The molecule has 110 valence electrons. The van der Waals surface area contributed by atoms with Gasteiger partial charge in [0.15, 0.2) is 5.16 Å². The number of para-hydroxylation sites is 3. The summed E-state index contributed by atoms with van der Waals surface area (Å²) in [6, 6.07) is 14.0. The fourth-order valence-electron chi connectivity index (χ4n) is 1.97. The SMILES string of the molecule is O=C(O)/C(=C/c1ccccc1O)Sc1nc2ccccc2[nH]1. The van der Waals surface area contributed by atoms with Crippen LogP contribution in [-0.4, -0.2) is 26.2 Å². The lowest BCUT2D eigenvalue weighted by Gasteiger charge is -2.02. The van der Waals surface area contributed by atoms with Gasteiger partial charge in [-0.15, -0.1) is 0 Å². The fraction of sp³-hybridized carbons (Fsp3) is 0. The fourth-order valence-corrected chi connectivity index (χ4v) is 2.75. The molecule has 22 heavy (non-hydrogen) atoms. The molecule has 0 fully saturated rings. The third-order valence-corrected chi connectivity index (χ3v) is 3.91.